The van der Waals surface area contributed by atoms with Crippen LogP contribution in [-0.2, 0) is 6.61 Å². The normalized spacial score (nSPS) is 14.3. The summed E-state index contributed by atoms with van der Waals surface area (Å²) in [6.45, 7) is 1.46. The second kappa shape index (κ2) is 6.72. The molecule has 0 saturated heterocycles. The Morgan fingerprint density at radius 2 is 1.89 bits per heavy atom. The zero-order valence-electron chi connectivity index (χ0n) is 14.3. The van der Waals surface area contributed by atoms with Crippen LogP contribution in [0.15, 0.2) is 58.9 Å². The lowest BCUT2D eigenvalue weighted by molar-refractivity contribution is 0.101. The van der Waals surface area contributed by atoms with Gasteiger partial charge in [-0.25, -0.2) is 8.78 Å². The number of hydrogen-bond acceptors (Lipinski definition) is 4. The van der Waals surface area contributed by atoms with Gasteiger partial charge in [0.25, 0.3) is 0 Å². The maximum Gasteiger partial charge on any atom is 0.232 e. The zero-order valence-corrected chi connectivity index (χ0v) is 14.3. The first-order valence-electron chi connectivity index (χ1n) is 8.21. The number of allylic oxidation sites excluding steroid dienone is 1. The molecule has 4 nitrogen and oxygen atoms in total. The predicted molar refractivity (Wildman–Crippen MR) is 93.5 cm³/mol. The van der Waals surface area contributed by atoms with Crippen LogP contribution < -0.4 is 9.47 Å². The van der Waals surface area contributed by atoms with Crippen molar-refractivity contribution in [2.45, 2.75) is 13.5 Å². The molecular formula is C21H14F2O4. The summed E-state index contributed by atoms with van der Waals surface area (Å²) < 4.78 is 43.8. The van der Waals surface area contributed by atoms with Crippen molar-refractivity contribution in [3.63, 3.8) is 0 Å². The molecule has 0 spiro atoms. The van der Waals surface area contributed by atoms with Crippen molar-refractivity contribution in [3.05, 3.63) is 88.6 Å². The molecule has 3 aromatic rings. The molecule has 27 heavy (non-hydrogen) atoms. The first kappa shape index (κ1) is 17.0. The van der Waals surface area contributed by atoms with Gasteiger partial charge in [0, 0.05) is 12.1 Å². The molecule has 2 aromatic carbocycles. The first-order valence-corrected chi connectivity index (χ1v) is 8.21. The number of carbonyl (C=O) groups is 1. The fourth-order valence-electron chi connectivity index (χ4n) is 2.89. The average Bonchev–Trinajstić information content (AvgIpc) is 3.23. The molecule has 1 aromatic heterocycles. The van der Waals surface area contributed by atoms with E-state index in [9.17, 15) is 13.6 Å². The third-order valence-corrected chi connectivity index (χ3v) is 4.21. The quantitative estimate of drug-likeness (QED) is 0.604. The highest BCUT2D eigenvalue weighted by Gasteiger charge is 2.30. The molecule has 0 fully saturated rings. The van der Waals surface area contributed by atoms with Gasteiger partial charge in [-0.3, -0.25) is 4.79 Å². The highest BCUT2D eigenvalue weighted by molar-refractivity contribution is 6.15. The summed E-state index contributed by atoms with van der Waals surface area (Å²) >= 11 is 0. The molecule has 0 radical (unpaired) electrons. The minimum atomic E-state index is -0.678. The molecule has 0 N–H and O–H groups in total. The van der Waals surface area contributed by atoms with E-state index in [0.717, 1.165) is 0 Å². The van der Waals surface area contributed by atoms with E-state index < -0.39 is 11.6 Å². The summed E-state index contributed by atoms with van der Waals surface area (Å²) in [6.07, 6.45) is 3.01. The van der Waals surface area contributed by atoms with Crippen LogP contribution in [0.25, 0.3) is 6.08 Å². The van der Waals surface area contributed by atoms with Crippen LogP contribution in [0.5, 0.6) is 11.5 Å². The number of ether oxygens (including phenoxy) is 2. The van der Waals surface area contributed by atoms with Gasteiger partial charge in [0.05, 0.1) is 17.4 Å². The monoisotopic (exact) mass is 368 g/mol. The van der Waals surface area contributed by atoms with E-state index in [1.54, 1.807) is 25.1 Å². The van der Waals surface area contributed by atoms with E-state index in [1.165, 1.54) is 36.6 Å². The molecule has 0 saturated carbocycles. The number of benzene rings is 2. The maximum absolute atomic E-state index is 13.7. The highest BCUT2D eigenvalue weighted by atomic mass is 19.1. The molecule has 0 aliphatic carbocycles. The Morgan fingerprint density at radius 1 is 1.11 bits per heavy atom. The van der Waals surface area contributed by atoms with Crippen LogP contribution in [0.3, 0.4) is 0 Å². The van der Waals surface area contributed by atoms with Gasteiger partial charge < -0.3 is 13.9 Å². The van der Waals surface area contributed by atoms with E-state index in [2.05, 4.69) is 0 Å². The van der Waals surface area contributed by atoms with Gasteiger partial charge in [-0.05, 0) is 42.8 Å². The molecule has 136 valence electrons. The van der Waals surface area contributed by atoms with Crippen LogP contribution in [0.1, 0.15) is 27.2 Å². The summed E-state index contributed by atoms with van der Waals surface area (Å²) in [6, 6.07) is 10.2. The van der Waals surface area contributed by atoms with E-state index >= 15 is 0 Å². The van der Waals surface area contributed by atoms with Crippen LogP contribution in [0, 0.1) is 18.6 Å². The van der Waals surface area contributed by atoms with E-state index in [1.807, 2.05) is 0 Å². The Kier molecular flexibility index (Phi) is 4.24. The van der Waals surface area contributed by atoms with Crippen molar-refractivity contribution in [3.8, 4) is 11.5 Å². The van der Waals surface area contributed by atoms with Crippen molar-refractivity contribution >= 4 is 11.9 Å². The second-order valence-electron chi connectivity index (χ2n) is 6.06. The smallest absolute Gasteiger partial charge is 0.232 e. The van der Waals surface area contributed by atoms with E-state index in [0.29, 0.717) is 28.4 Å². The molecule has 0 amide bonds. The summed E-state index contributed by atoms with van der Waals surface area (Å²) in [5.41, 5.74) is 0.910. The number of Topliss-reactive ketones (excluding diaryl/α,β-unsaturated/α-hetero) is 1. The summed E-state index contributed by atoms with van der Waals surface area (Å²) in [5.74, 6) is -0.296. The van der Waals surface area contributed by atoms with Crippen molar-refractivity contribution < 1.29 is 27.5 Å². The minimum absolute atomic E-state index is 0.139. The van der Waals surface area contributed by atoms with Crippen LogP contribution >= 0.6 is 0 Å². The third kappa shape index (κ3) is 3.21. The number of furan rings is 1. The standard InChI is InChI=1S/C21H14F2O4/c1-12-8-14(26-11-15-16(22)5-2-6-17(15)23)10-18-20(12)21(24)19(27-18)9-13-4-3-7-25-13/h2-10H,11H2,1H3/b19-9-. The molecule has 6 heteroatoms. The molecule has 0 atom stereocenters. The summed E-state index contributed by atoms with van der Waals surface area (Å²) in [5, 5.41) is 0. The van der Waals surface area contributed by atoms with Crippen LogP contribution in [0.2, 0.25) is 0 Å². The molecule has 1 aliphatic rings. The molecule has 1 aliphatic heterocycles. The topological polar surface area (TPSA) is 48.7 Å². The first-order chi connectivity index (χ1) is 13.0. The second-order valence-corrected chi connectivity index (χ2v) is 6.06. The highest BCUT2D eigenvalue weighted by Crippen LogP contribution is 2.37. The minimum Gasteiger partial charge on any atom is -0.489 e. The van der Waals surface area contributed by atoms with Gasteiger partial charge in [-0.15, -0.1) is 0 Å². The Morgan fingerprint density at radius 3 is 2.59 bits per heavy atom. The summed E-state index contributed by atoms with van der Waals surface area (Å²) in [7, 11) is 0. The molecule has 4 rings (SSSR count). The summed E-state index contributed by atoms with van der Waals surface area (Å²) in [4.78, 5) is 12.5. The van der Waals surface area contributed by atoms with Gasteiger partial charge in [0.1, 0.15) is 35.5 Å². The van der Waals surface area contributed by atoms with Gasteiger partial charge in [-0.1, -0.05) is 6.07 Å². The number of halogens is 2. The lowest BCUT2D eigenvalue weighted by Crippen LogP contribution is -2.02. The van der Waals surface area contributed by atoms with Crippen molar-refractivity contribution in [1.82, 2.24) is 0 Å². The zero-order chi connectivity index (χ0) is 19.0. The Bertz CT molecular complexity index is 1030. The number of fused-ring (bicyclic) bond motifs is 1. The lowest BCUT2D eigenvalue weighted by Gasteiger charge is -2.10. The van der Waals surface area contributed by atoms with E-state index in [4.69, 9.17) is 13.9 Å². The van der Waals surface area contributed by atoms with Crippen LogP contribution in [0.4, 0.5) is 8.78 Å². The molecule has 0 unspecified atom stereocenters. The number of carbonyl (C=O) groups excluding carboxylic acids is 1. The number of rotatable bonds is 4. The molecular weight excluding hydrogens is 354 g/mol. The van der Waals surface area contributed by atoms with Gasteiger partial charge in [-0.2, -0.15) is 0 Å². The third-order valence-electron chi connectivity index (χ3n) is 4.21. The Balaban J connectivity index is 1.59. The van der Waals surface area contributed by atoms with Gasteiger partial charge in [0.2, 0.25) is 5.78 Å². The largest absolute Gasteiger partial charge is 0.489 e. The Labute approximate surface area is 153 Å². The van der Waals surface area contributed by atoms with Crippen molar-refractivity contribution in [2.24, 2.45) is 0 Å². The molecule has 0 bridgehead atoms. The molecule has 2 heterocycles. The number of hydrogen-bond donors (Lipinski definition) is 0. The van der Waals surface area contributed by atoms with Gasteiger partial charge in [0.15, 0.2) is 5.76 Å². The number of aryl methyl sites for hydroxylation is 1. The van der Waals surface area contributed by atoms with Crippen molar-refractivity contribution in [1.29, 1.82) is 0 Å². The van der Waals surface area contributed by atoms with Crippen molar-refractivity contribution in [2.75, 3.05) is 0 Å². The Hall–Kier alpha value is -3.41. The van der Waals surface area contributed by atoms with E-state index in [-0.39, 0.29) is 23.7 Å². The lowest BCUT2D eigenvalue weighted by atomic mass is 10.0. The fourth-order valence-corrected chi connectivity index (χ4v) is 2.89. The SMILES string of the molecule is Cc1cc(OCc2c(F)cccc2F)cc2c1C(=O)/C(=C/c1ccco1)O2. The number of ketones is 1. The predicted octanol–water partition coefficient (Wildman–Crippen LogP) is 5.06. The maximum atomic E-state index is 13.7. The van der Waals surface area contributed by atoms with Crippen LogP contribution in [-0.4, -0.2) is 5.78 Å². The van der Waals surface area contributed by atoms with Gasteiger partial charge >= 0.3 is 0 Å². The fraction of sp³-hybridized carbons (Fsp3) is 0.0952. The average molecular weight is 368 g/mol.